The minimum absolute atomic E-state index is 0.102. The maximum atomic E-state index is 12.3. The second-order valence-corrected chi connectivity index (χ2v) is 7.29. The summed E-state index contributed by atoms with van der Waals surface area (Å²) < 4.78 is 12.1. The van der Waals surface area contributed by atoms with Crippen LogP contribution in [0.3, 0.4) is 0 Å². The Morgan fingerprint density at radius 2 is 1.96 bits per heavy atom. The highest BCUT2D eigenvalue weighted by Gasteiger charge is 2.43. The molecule has 2 atom stereocenters. The Bertz CT molecular complexity index is 754. The van der Waals surface area contributed by atoms with Gasteiger partial charge in [-0.05, 0) is 18.6 Å². The first-order valence-electron chi connectivity index (χ1n) is 7.95. The Labute approximate surface area is 165 Å². The number of halogens is 3. The van der Waals surface area contributed by atoms with Crippen molar-refractivity contribution >= 4 is 44.9 Å². The third kappa shape index (κ3) is 4.26. The first-order valence-corrected chi connectivity index (χ1v) is 9.83. The molecular weight excluding hydrogens is 427 g/mol. The topological polar surface area (TPSA) is 35.5 Å². The molecule has 0 saturated carbocycles. The normalized spacial score (nSPS) is 22.9. The third-order valence-corrected chi connectivity index (χ3v) is 5.45. The van der Waals surface area contributed by atoms with Gasteiger partial charge < -0.3 is 9.47 Å². The second-order valence-electron chi connectivity index (χ2n) is 5.89. The lowest BCUT2D eigenvalue weighted by atomic mass is 10.0. The van der Waals surface area contributed by atoms with Gasteiger partial charge in [0.25, 0.3) is 0 Å². The molecule has 3 rings (SSSR count). The number of benzene rings is 2. The lowest BCUT2D eigenvalue weighted by molar-refractivity contribution is -0.157. The Kier molecular flexibility index (Phi) is 6.18. The average molecular weight is 444 g/mol. The lowest BCUT2D eigenvalue weighted by Crippen LogP contribution is -2.30. The van der Waals surface area contributed by atoms with Gasteiger partial charge in [0, 0.05) is 22.6 Å². The first kappa shape index (κ1) is 18.9. The third-order valence-electron chi connectivity index (χ3n) is 4.17. The number of carbonyl (C=O) groups excluding carboxylic acids is 1. The lowest BCUT2D eigenvalue weighted by Gasteiger charge is -2.27. The molecule has 0 N–H and O–H groups in total. The summed E-state index contributed by atoms with van der Waals surface area (Å²) in [5.41, 5.74) is 1.45. The van der Waals surface area contributed by atoms with Crippen molar-refractivity contribution in [2.45, 2.75) is 24.7 Å². The minimum atomic E-state index is -0.956. The van der Waals surface area contributed by atoms with Gasteiger partial charge in [-0.25, -0.2) is 0 Å². The van der Waals surface area contributed by atoms with Crippen LogP contribution in [0.25, 0.3) is 0 Å². The quantitative estimate of drug-likeness (QED) is 0.429. The van der Waals surface area contributed by atoms with Gasteiger partial charge in [0.1, 0.15) is 0 Å². The number of hydrogen-bond acceptors (Lipinski definition) is 3. The fourth-order valence-corrected chi connectivity index (χ4v) is 4.00. The summed E-state index contributed by atoms with van der Waals surface area (Å²) in [5.74, 6) is -0.854. The molecule has 3 nitrogen and oxygen atoms in total. The summed E-state index contributed by atoms with van der Waals surface area (Å²) in [7, 11) is 0. The minimum Gasteiger partial charge on any atom is -0.342 e. The number of ether oxygens (including phenoxy) is 2. The fourth-order valence-electron chi connectivity index (χ4n) is 2.85. The molecule has 0 aliphatic carbocycles. The standard InChI is InChI=1S/C19H17BrCl2O3/c20-12-19(16-8-6-14(21)10-17(16)22)24-11-15(25-19)7-9-18(23)13-4-2-1-3-5-13/h1-6,8,10,15H,7,9,11-12H2/t15-,19-/m0/s1. The van der Waals surface area contributed by atoms with Crippen molar-refractivity contribution in [2.24, 2.45) is 0 Å². The number of rotatable bonds is 6. The molecule has 2 aromatic carbocycles. The fraction of sp³-hybridized carbons (Fsp3) is 0.316. The van der Waals surface area contributed by atoms with Crippen LogP contribution < -0.4 is 0 Å². The average Bonchev–Trinajstić information content (AvgIpc) is 3.05. The molecule has 1 fully saturated rings. The maximum Gasteiger partial charge on any atom is 0.206 e. The Morgan fingerprint density at radius 3 is 2.64 bits per heavy atom. The van der Waals surface area contributed by atoms with E-state index >= 15 is 0 Å². The predicted octanol–water partition coefficient (Wildman–Crippen LogP) is 5.62. The summed E-state index contributed by atoms with van der Waals surface area (Å²) in [6, 6.07) is 14.5. The van der Waals surface area contributed by atoms with Crippen molar-refractivity contribution < 1.29 is 14.3 Å². The van der Waals surface area contributed by atoms with Crippen LogP contribution in [-0.2, 0) is 15.3 Å². The molecular formula is C19H17BrCl2O3. The van der Waals surface area contributed by atoms with E-state index in [1.54, 1.807) is 12.1 Å². The Morgan fingerprint density at radius 1 is 1.20 bits per heavy atom. The van der Waals surface area contributed by atoms with Gasteiger partial charge in [0.15, 0.2) is 5.78 Å². The molecule has 2 aromatic rings. The molecule has 0 bridgehead atoms. The summed E-state index contributed by atoms with van der Waals surface area (Å²) >= 11 is 15.7. The molecule has 1 saturated heterocycles. The van der Waals surface area contributed by atoms with E-state index in [-0.39, 0.29) is 11.9 Å². The van der Waals surface area contributed by atoms with Crippen molar-refractivity contribution in [1.29, 1.82) is 0 Å². The van der Waals surface area contributed by atoms with Crippen LogP contribution in [0.15, 0.2) is 48.5 Å². The largest absolute Gasteiger partial charge is 0.342 e. The van der Waals surface area contributed by atoms with Crippen LogP contribution in [0.4, 0.5) is 0 Å². The van der Waals surface area contributed by atoms with E-state index in [9.17, 15) is 4.79 Å². The monoisotopic (exact) mass is 442 g/mol. The Hall–Kier alpha value is -0.910. The van der Waals surface area contributed by atoms with E-state index in [2.05, 4.69) is 15.9 Å². The maximum absolute atomic E-state index is 12.3. The number of hydrogen-bond donors (Lipinski definition) is 0. The molecule has 0 spiro atoms. The van der Waals surface area contributed by atoms with E-state index < -0.39 is 5.79 Å². The molecule has 1 aliphatic heterocycles. The molecule has 1 aliphatic rings. The van der Waals surface area contributed by atoms with E-state index in [1.807, 2.05) is 36.4 Å². The van der Waals surface area contributed by atoms with Gasteiger partial charge >= 0.3 is 0 Å². The summed E-state index contributed by atoms with van der Waals surface area (Å²) in [6.07, 6.45) is 0.829. The van der Waals surface area contributed by atoms with Crippen LogP contribution in [-0.4, -0.2) is 23.8 Å². The number of alkyl halides is 1. The van der Waals surface area contributed by atoms with Gasteiger partial charge in [-0.15, -0.1) is 0 Å². The molecule has 25 heavy (non-hydrogen) atoms. The highest BCUT2D eigenvalue weighted by Crippen LogP contribution is 2.41. The molecule has 6 heteroatoms. The van der Waals surface area contributed by atoms with Crippen molar-refractivity contribution in [3.8, 4) is 0 Å². The highest BCUT2D eigenvalue weighted by atomic mass is 79.9. The SMILES string of the molecule is O=C(CC[C@H]1CO[C@](CBr)(c2ccc(Cl)cc2Cl)O1)c1ccccc1. The molecule has 0 aromatic heterocycles. The highest BCUT2D eigenvalue weighted by molar-refractivity contribution is 9.09. The predicted molar refractivity (Wildman–Crippen MR) is 103 cm³/mol. The van der Waals surface area contributed by atoms with E-state index in [1.165, 1.54) is 0 Å². The van der Waals surface area contributed by atoms with Crippen molar-refractivity contribution in [1.82, 2.24) is 0 Å². The summed E-state index contributed by atoms with van der Waals surface area (Å²) in [4.78, 5) is 12.3. The zero-order valence-corrected chi connectivity index (χ0v) is 16.5. The van der Waals surface area contributed by atoms with E-state index in [0.29, 0.717) is 40.4 Å². The van der Waals surface area contributed by atoms with Crippen molar-refractivity contribution in [3.05, 3.63) is 69.7 Å². The van der Waals surface area contributed by atoms with Crippen LogP contribution in [0.2, 0.25) is 10.0 Å². The van der Waals surface area contributed by atoms with Crippen LogP contribution in [0, 0.1) is 0 Å². The first-order chi connectivity index (χ1) is 12.0. The van der Waals surface area contributed by atoms with Crippen LogP contribution in [0.1, 0.15) is 28.8 Å². The van der Waals surface area contributed by atoms with E-state index in [4.69, 9.17) is 32.7 Å². The second kappa shape index (κ2) is 8.19. The van der Waals surface area contributed by atoms with Crippen LogP contribution >= 0.6 is 39.1 Å². The molecule has 132 valence electrons. The van der Waals surface area contributed by atoms with Crippen molar-refractivity contribution in [3.63, 3.8) is 0 Å². The van der Waals surface area contributed by atoms with Gasteiger partial charge in [0.05, 0.1) is 23.1 Å². The Balaban J connectivity index is 1.66. The van der Waals surface area contributed by atoms with Crippen LogP contribution in [0.5, 0.6) is 0 Å². The zero-order valence-electron chi connectivity index (χ0n) is 13.4. The number of carbonyl (C=O) groups is 1. The molecule has 0 amide bonds. The summed E-state index contributed by atoms with van der Waals surface area (Å²) in [6.45, 7) is 0.409. The van der Waals surface area contributed by atoms with Gasteiger partial charge in [-0.3, -0.25) is 4.79 Å². The van der Waals surface area contributed by atoms with E-state index in [0.717, 1.165) is 5.56 Å². The number of Topliss-reactive ketones (excluding diaryl/α,β-unsaturated/α-hetero) is 1. The smallest absolute Gasteiger partial charge is 0.206 e. The zero-order chi connectivity index (χ0) is 17.9. The molecule has 0 unspecified atom stereocenters. The molecule has 1 heterocycles. The van der Waals surface area contributed by atoms with Gasteiger partial charge in [0.2, 0.25) is 5.79 Å². The molecule has 0 radical (unpaired) electrons. The summed E-state index contributed by atoms with van der Waals surface area (Å²) in [5, 5.41) is 1.49. The van der Waals surface area contributed by atoms with Gasteiger partial charge in [-0.1, -0.05) is 75.5 Å². The van der Waals surface area contributed by atoms with Crippen molar-refractivity contribution in [2.75, 3.05) is 11.9 Å². The van der Waals surface area contributed by atoms with Gasteiger partial charge in [-0.2, -0.15) is 0 Å². The number of ketones is 1.